The number of nitrogens with one attached hydrogen (secondary N) is 1. The van der Waals surface area contributed by atoms with Crippen molar-refractivity contribution in [2.24, 2.45) is 0 Å². The Kier molecular flexibility index (Phi) is 4.24. The maximum Gasteiger partial charge on any atom is 0.258 e. The van der Waals surface area contributed by atoms with Crippen LogP contribution < -0.4 is 5.56 Å². The summed E-state index contributed by atoms with van der Waals surface area (Å²) in [6.45, 7) is 1.63. The van der Waals surface area contributed by atoms with E-state index in [0.717, 1.165) is 25.8 Å². The van der Waals surface area contributed by atoms with Crippen LogP contribution in [0.15, 0.2) is 23.0 Å². The lowest BCUT2D eigenvalue weighted by Gasteiger charge is -2.34. The molecule has 1 fully saturated rings. The van der Waals surface area contributed by atoms with Crippen LogP contribution in [0, 0.1) is 0 Å². The van der Waals surface area contributed by atoms with Gasteiger partial charge in [-0.3, -0.25) is 9.69 Å². The van der Waals surface area contributed by atoms with Crippen LogP contribution in [0.2, 0.25) is 5.02 Å². The van der Waals surface area contributed by atoms with E-state index in [1.54, 1.807) is 18.2 Å². The summed E-state index contributed by atoms with van der Waals surface area (Å²) in [6.07, 6.45) is 3.25. The van der Waals surface area contributed by atoms with Crippen molar-refractivity contribution < 1.29 is 5.11 Å². The first-order valence-corrected chi connectivity index (χ1v) is 7.58. The molecule has 1 aliphatic rings. The summed E-state index contributed by atoms with van der Waals surface area (Å²) in [7, 11) is 0. The van der Waals surface area contributed by atoms with Crippen LogP contribution >= 0.6 is 11.6 Å². The third kappa shape index (κ3) is 3.10. The SMILES string of the molecule is O=c1[nH]c(CN2CCCCC2CO)nc2ccc(Cl)cc12. The smallest absolute Gasteiger partial charge is 0.258 e. The van der Waals surface area contributed by atoms with Crippen LogP contribution in [0.25, 0.3) is 10.9 Å². The number of fused-ring (bicyclic) bond motifs is 1. The van der Waals surface area contributed by atoms with E-state index in [4.69, 9.17) is 11.6 Å². The molecule has 5 nitrogen and oxygen atoms in total. The summed E-state index contributed by atoms with van der Waals surface area (Å²) in [4.78, 5) is 21.6. The maximum atomic E-state index is 12.1. The van der Waals surface area contributed by atoms with Crippen molar-refractivity contribution in [1.29, 1.82) is 0 Å². The quantitative estimate of drug-likeness (QED) is 0.909. The van der Waals surface area contributed by atoms with Gasteiger partial charge in [0.1, 0.15) is 5.82 Å². The Morgan fingerprint density at radius 2 is 2.29 bits per heavy atom. The van der Waals surface area contributed by atoms with E-state index in [2.05, 4.69) is 14.9 Å². The van der Waals surface area contributed by atoms with Crippen LogP contribution in [0.1, 0.15) is 25.1 Å². The summed E-state index contributed by atoms with van der Waals surface area (Å²) in [5, 5.41) is 10.5. The zero-order valence-electron chi connectivity index (χ0n) is 11.7. The van der Waals surface area contributed by atoms with Crippen LogP contribution in [0.3, 0.4) is 0 Å². The van der Waals surface area contributed by atoms with E-state index in [0.29, 0.717) is 28.3 Å². The van der Waals surface area contributed by atoms with Crippen LogP contribution in [-0.2, 0) is 6.54 Å². The molecule has 0 spiro atoms. The van der Waals surface area contributed by atoms with E-state index in [-0.39, 0.29) is 18.2 Å². The molecule has 6 heteroatoms. The standard InChI is InChI=1S/C15H18ClN3O2/c16-10-4-5-13-12(7-10)15(21)18-14(17-13)8-19-6-2-1-3-11(19)9-20/h4-5,7,11,20H,1-3,6,8-9H2,(H,17,18,21). The molecule has 1 aromatic heterocycles. The summed E-state index contributed by atoms with van der Waals surface area (Å²) < 4.78 is 0. The molecule has 2 N–H and O–H groups in total. The molecule has 0 bridgehead atoms. The fourth-order valence-corrected chi connectivity index (χ4v) is 3.07. The Hall–Kier alpha value is -1.43. The van der Waals surface area contributed by atoms with E-state index < -0.39 is 0 Å². The number of aliphatic hydroxyl groups is 1. The molecule has 2 heterocycles. The Labute approximate surface area is 127 Å². The predicted octanol–water partition coefficient (Wildman–Crippen LogP) is 1.92. The van der Waals surface area contributed by atoms with Gasteiger partial charge in [-0.2, -0.15) is 0 Å². The van der Waals surface area contributed by atoms with Crippen molar-refractivity contribution in [3.63, 3.8) is 0 Å². The summed E-state index contributed by atoms with van der Waals surface area (Å²) in [6, 6.07) is 5.28. The molecule has 1 unspecified atom stereocenters. The molecule has 0 saturated carbocycles. The van der Waals surface area contributed by atoms with Gasteiger partial charge in [0.05, 0.1) is 24.1 Å². The summed E-state index contributed by atoms with van der Waals surface area (Å²) >= 11 is 5.91. The van der Waals surface area contributed by atoms with E-state index in [1.807, 2.05) is 0 Å². The van der Waals surface area contributed by atoms with Crippen LogP contribution in [0.5, 0.6) is 0 Å². The second-order valence-electron chi connectivity index (χ2n) is 5.48. The summed E-state index contributed by atoms with van der Waals surface area (Å²) in [5.74, 6) is 0.634. The number of aromatic amines is 1. The van der Waals surface area contributed by atoms with Gasteiger partial charge in [0, 0.05) is 11.1 Å². The minimum Gasteiger partial charge on any atom is -0.395 e. The molecule has 0 amide bonds. The lowest BCUT2D eigenvalue weighted by Crippen LogP contribution is -2.41. The topological polar surface area (TPSA) is 69.2 Å². The Morgan fingerprint density at radius 3 is 3.10 bits per heavy atom. The number of hydrogen-bond acceptors (Lipinski definition) is 4. The average Bonchev–Trinajstić information content (AvgIpc) is 2.49. The molecule has 112 valence electrons. The predicted molar refractivity (Wildman–Crippen MR) is 82.5 cm³/mol. The highest BCUT2D eigenvalue weighted by Crippen LogP contribution is 2.19. The number of likely N-dealkylation sites (tertiary alicyclic amines) is 1. The monoisotopic (exact) mass is 307 g/mol. The zero-order valence-corrected chi connectivity index (χ0v) is 12.4. The maximum absolute atomic E-state index is 12.1. The molecule has 21 heavy (non-hydrogen) atoms. The summed E-state index contributed by atoms with van der Waals surface area (Å²) in [5.41, 5.74) is 0.478. The Balaban J connectivity index is 1.90. The lowest BCUT2D eigenvalue weighted by molar-refractivity contribution is 0.0819. The van der Waals surface area contributed by atoms with Crippen molar-refractivity contribution in [3.8, 4) is 0 Å². The van der Waals surface area contributed by atoms with Gasteiger partial charge in [0.2, 0.25) is 0 Å². The van der Waals surface area contributed by atoms with Crippen molar-refractivity contribution >= 4 is 22.5 Å². The fraction of sp³-hybridized carbons (Fsp3) is 0.467. The number of hydrogen-bond donors (Lipinski definition) is 2. The van der Waals surface area contributed by atoms with Gasteiger partial charge >= 0.3 is 0 Å². The zero-order chi connectivity index (χ0) is 14.8. The number of piperidine rings is 1. The molecule has 1 saturated heterocycles. The van der Waals surface area contributed by atoms with Crippen molar-refractivity contribution in [1.82, 2.24) is 14.9 Å². The Bertz CT molecular complexity index is 701. The van der Waals surface area contributed by atoms with Crippen molar-refractivity contribution in [2.45, 2.75) is 31.8 Å². The second-order valence-corrected chi connectivity index (χ2v) is 5.91. The number of aliphatic hydroxyl groups excluding tert-OH is 1. The number of halogens is 1. The number of benzene rings is 1. The van der Waals surface area contributed by atoms with Crippen LogP contribution in [0.4, 0.5) is 0 Å². The van der Waals surface area contributed by atoms with Crippen molar-refractivity contribution in [3.05, 3.63) is 39.4 Å². The normalized spacial score (nSPS) is 20.0. The van der Waals surface area contributed by atoms with Gasteiger partial charge in [-0.15, -0.1) is 0 Å². The van der Waals surface area contributed by atoms with Crippen molar-refractivity contribution in [2.75, 3.05) is 13.2 Å². The van der Waals surface area contributed by atoms with Gasteiger partial charge in [0.25, 0.3) is 5.56 Å². The highest BCUT2D eigenvalue weighted by Gasteiger charge is 2.22. The highest BCUT2D eigenvalue weighted by atomic mass is 35.5. The minimum absolute atomic E-state index is 0.146. The van der Waals surface area contributed by atoms with Gasteiger partial charge in [-0.05, 0) is 37.6 Å². The molecule has 0 aliphatic carbocycles. The first kappa shape index (κ1) is 14.5. The molecular formula is C15H18ClN3O2. The number of nitrogens with zero attached hydrogens (tertiary/aromatic N) is 2. The molecule has 2 aromatic rings. The van der Waals surface area contributed by atoms with Gasteiger partial charge in [-0.25, -0.2) is 4.98 Å². The molecule has 1 atom stereocenters. The van der Waals surface area contributed by atoms with Gasteiger partial charge < -0.3 is 10.1 Å². The van der Waals surface area contributed by atoms with Gasteiger partial charge in [0.15, 0.2) is 0 Å². The van der Waals surface area contributed by atoms with E-state index >= 15 is 0 Å². The van der Waals surface area contributed by atoms with E-state index in [9.17, 15) is 9.90 Å². The Morgan fingerprint density at radius 1 is 1.43 bits per heavy atom. The van der Waals surface area contributed by atoms with Gasteiger partial charge in [-0.1, -0.05) is 18.0 Å². The molecule has 1 aliphatic heterocycles. The molecule has 1 aromatic carbocycles. The minimum atomic E-state index is -0.171. The van der Waals surface area contributed by atoms with Crippen LogP contribution in [-0.4, -0.2) is 39.2 Å². The van der Waals surface area contributed by atoms with E-state index in [1.165, 1.54) is 0 Å². The highest BCUT2D eigenvalue weighted by molar-refractivity contribution is 6.31. The average molecular weight is 308 g/mol. The molecular weight excluding hydrogens is 290 g/mol. The second kappa shape index (κ2) is 6.13. The largest absolute Gasteiger partial charge is 0.395 e. The number of H-pyrrole nitrogens is 1. The lowest BCUT2D eigenvalue weighted by atomic mass is 10.0. The third-order valence-electron chi connectivity index (χ3n) is 4.03. The molecule has 0 radical (unpaired) electrons. The number of rotatable bonds is 3. The fourth-order valence-electron chi connectivity index (χ4n) is 2.90. The number of aromatic nitrogens is 2. The first-order valence-electron chi connectivity index (χ1n) is 7.21. The molecule has 3 rings (SSSR count). The first-order chi connectivity index (χ1) is 10.2. The third-order valence-corrected chi connectivity index (χ3v) is 4.26.